The molecule has 0 unspecified atom stereocenters. The molecule has 2 N–H and O–H groups in total. The Balaban J connectivity index is 0.00000256. The third-order valence-corrected chi connectivity index (χ3v) is 5.65. The van der Waals surface area contributed by atoms with Gasteiger partial charge in [0.15, 0.2) is 5.82 Å². The van der Waals surface area contributed by atoms with Crippen molar-refractivity contribution >= 4 is 24.0 Å². The maximum absolute atomic E-state index is 12.7. The number of halogens is 1. The average Bonchev–Trinajstić information content (AvgIpc) is 3.27. The van der Waals surface area contributed by atoms with E-state index in [0.717, 1.165) is 35.5 Å². The number of nitrogens with one attached hydrogen (secondary N) is 2. The van der Waals surface area contributed by atoms with E-state index >= 15 is 0 Å². The predicted octanol–water partition coefficient (Wildman–Crippen LogP) is 4.84. The minimum Gasteiger partial charge on any atom is -0.388 e. The van der Waals surface area contributed by atoms with Crippen molar-refractivity contribution in [3.05, 3.63) is 66.2 Å². The fraction of sp³-hybridized carbons (Fsp3) is 0.348. The number of hydrogen-bond acceptors (Lipinski definition) is 4. The van der Waals surface area contributed by atoms with Crippen LogP contribution in [0.5, 0.6) is 0 Å². The molecule has 0 bridgehead atoms. The number of carbonyl (C=O) groups excluding carboxylic acids is 1. The lowest BCUT2D eigenvalue weighted by atomic mass is 9.95. The van der Waals surface area contributed by atoms with E-state index in [4.69, 9.17) is 0 Å². The predicted molar refractivity (Wildman–Crippen MR) is 122 cm³/mol. The maximum Gasteiger partial charge on any atom is 0.251 e. The summed E-state index contributed by atoms with van der Waals surface area (Å²) in [4.78, 5) is 12.7. The summed E-state index contributed by atoms with van der Waals surface area (Å²) in [5.74, 6) is 0.723. The number of aromatic nitrogens is 3. The number of carbonyl (C=O) groups is 1. The molecule has 7 heteroatoms. The third kappa shape index (κ3) is 5.00. The molecule has 2 aromatic carbocycles. The van der Waals surface area contributed by atoms with Gasteiger partial charge in [0, 0.05) is 24.3 Å². The van der Waals surface area contributed by atoms with Gasteiger partial charge in [0.05, 0.1) is 6.54 Å². The molecule has 0 atom stereocenters. The summed E-state index contributed by atoms with van der Waals surface area (Å²) in [5, 5.41) is 14.4. The van der Waals surface area contributed by atoms with Crippen LogP contribution in [-0.4, -0.2) is 27.7 Å². The summed E-state index contributed by atoms with van der Waals surface area (Å²) in [6.45, 7) is 0.385. The zero-order valence-corrected chi connectivity index (χ0v) is 18.0. The van der Waals surface area contributed by atoms with Crippen LogP contribution in [0, 0.1) is 0 Å². The van der Waals surface area contributed by atoms with Crippen molar-refractivity contribution in [3.8, 4) is 11.1 Å². The van der Waals surface area contributed by atoms with E-state index in [9.17, 15) is 4.79 Å². The maximum atomic E-state index is 12.7. The van der Waals surface area contributed by atoms with Gasteiger partial charge in [0.2, 0.25) is 0 Å². The van der Waals surface area contributed by atoms with Crippen molar-refractivity contribution in [1.82, 2.24) is 20.1 Å². The standard InChI is InChI=1S/C23H27N5O.ClH/c1-24-20-12-10-17(11-13-20)18-6-5-7-19(14-18)23(29)25-15-22-27-26-16-28(22)21-8-3-2-4-9-21;/h5-7,10-14,16,21,24H,2-4,8-9,15H2,1H3,(H,25,29);1H. The molecule has 1 aliphatic rings. The van der Waals surface area contributed by atoms with Gasteiger partial charge in [-0.05, 0) is 48.2 Å². The van der Waals surface area contributed by atoms with E-state index in [1.165, 1.54) is 19.3 Å². The molecule has 0 radical (unpaired) electrons. The van der Waals surface area contributed by atoms with E-state index in [1.807, 2.05) is 43.4 Å². The van der Waals surface area contributed by atoms with Crippen molar-refractivity contribution in [3.63, 3.8) is 0 Å². The summed E-state index contributed by atoms with van der Waals surface area (Å²) in [5.41, 5.74) is 3.80. The van der Waals surface area contributed by atoms with E-state index < -0.39 is 0 Å². The molecule has 1 aliphatic carbocycles. The lowest BCUT2D eigenvalue weighted by Gasteiger charge is -2.24. The zero-order valence-electron chi connectivity index (χ0n) is 17.2. The van der Waals surface area contributed by atoms with E-state index in [2.05, 4.69) is 37.5 Å². The van der Waals surface area contributed by atoms with E-state index in [0.29, 0.717) is 18.2 Å². The van der Waals surface area contributed by atoms with Gasteiger partial charge in [-0.15, -0.1) is 22.6 Å². The minimum atomic E-state index is -0.100. The highest BCUT2D eigenvalue weighted by Gasteiger charge is 2.19. The Hall–Kier alpha value is -2.86. The number of hydrogen-bond donors (Lipinski definition) is 2. The van der Waals surface area contributed by atoms with Crippen molar-refractivity contribution in [2.75, 3.05) is 12.4 Å². The smallest absolute Gasteiger partial charge is 0.251 e. The fourth-order valence-corrected chi connectivity index (χ4v) is 3.99. The second-order valence-corrected chi connectivity index (χ2v) is 7.54. The molecule has 1 amide bonds. The first-order valence-electron chi connectivity index (χ1n) is 10.3. The third-order valence-electron chi connectivity index (χ3n) is 5.65. The van der Waals surface area contributed by atoms with Gasteiger partial charge in [0.25, 0.3) is 5.91 Å². The molecule has 0 saturated heterocycles. The highest BCUT2D eigenvalue weighted by molar-refractivity contribution is 5.95. The Labute approximate surface area is 183 Å². The van der Waals surface area contributed by atoms with Crippen molar-refractivity contribution in [1.29, 1.82) is 0 Å². The molecule has 1 aromatic heterocycles. The van der Waals surface area contributed by atoms with E-state index in [1.54, 1.807) is 6.33 Å². The number of nitrogens with zero attached hydrogens (tertiary/aromatic N) is 3. The monoisotopic (exact) mass is 425 g/mol. The molecule has 3 aromatic rings. The first kappa shape index (κ1) is 21.8. The number of rotatable bonds is 6. The minimum absolute atomic E-state index is 0. The van der Waals surface area contributed by atoms with Crippen LogP contribution in [0.25, 0.3) is 11.1 Å². The van der Waals surface area contributed by atoms with Gasteiger partial charge in [-0.3, -0.25) is 4.79 Å². The summed E-state index contributed by atoms with van der Waals surface area (Å²) in [6.07, 6.45) is 7.92. The first-order chi connectivity index (χ1) is 14.2. The molecule has 0 spiro atoms. The molecule has 4 rings (SSSR count). The first-order valence-corrected chi connectivity index (χ1v) is 10.3. The second-order valence-electron chi connectivity index (χ2n) is 7.54. The molecule has 30 heavy (non-hydrogen) atoms. The van der Waals surface area contributed by atoms with Crippen LogP contribution in [0.4, 0.5) is 5.69 Å². The van der Waals surface area contributed by atoms with Crippen molar-refractivity contribution in [2.45, 2.75) is 44.7 Å². The van der Waals surface area contributed by atoms with Crippen molar-refractivity contribution in [2.24, 2.45) is 0 Å². The number of anilines is 1. The molecule has 1 saturated carbocycles. The summed E-state index contributed by atoms with van der Waals surface area (Å²) < 4.78 is 2.14. The normalized spacial score (nSPS) is 14.0. The van der Waals surface area contributed by atoms with E-state index in [-0.39, 0.29) is 18.3 Å². The van der Waals surface area contributed by atoms with Crippen LogP contribution >= 0.6 is 12.4 Å². The number of amides is 1. The van der Waals surface area contributed by atoms with Gasteiger partial charge in [0.1, 0.15) is 6.33 Å². The second kappa shape index (κ2) is 10.3. The topological polar surface area (TPSA) is 71.8 Å². The Morgan fingerprint density at radius 2 is 1.83 bits per heavy atom. The molecular weight excluding hydrogens is 398 g/mol. The van der Waals surface area contributed by atoms with Crippen LogP contribution in [-0.2, 0) is 6.54 Å². The van der Waals surface area contributed by atoms with Crippen LogP contribution in [0.3, 0.4) is 0 Å². The highest BCUT2D eigenvalue weighted by Crippen LogP contribution is 2.28. The van der Waals surface area contributed by atoms with Gasteiger partial charge in [-0.1, -0.05) is 43.5 Å². The van der Waals surface area contributed by atoms with Crippen LogP contribution in [0.1, 0.15) is 54.3 Å². The number of benzene rings is 2. The molecule has 0 aliphatic heterocycles. The SMILES string of the molecule is CNc1ccc(-c2cccc(C(=O)NCc3nncn3C3CCCCC3)c2)cc1.Cl. The zero-order chi connectivity index (χ0) is 20.1. The van der Waals surface area contributed by atoms with Gasteiger partial charge in [-0.2, -0.15) is 0 Å². The lowest BCUT2D eigenvalue weighted by molar-refractivity contribution is 0.0949. The Morgan fingerprint density at radius 1 is 1.07 bits per heavy atom. The summed E-state index contributed by atoms with van der Waals surface area (Å²) in [7, 11) is 1.90. The molecule has 158 valence electrons. The average molecular weight is 426 g/mol. The summed E-state index contributed by atoms with van der Waals surface area (Å²) >= 11 is 0. The highest BCUT2D eigenvalue weighted by atomic mass is 35.5. The molecular formula is C23H28ClN5O. The molecule has 1 heterocycles. The Bertz CT molecular complexity index is 964. The van der Waals surface area contributed by atoms with Crippen LogP contribution < -0.4 is 10.6 Å². The Kier molecular flexibility index (Phi) is 7.46. The molecule has 6 nitrogen and oxygen atoms in total. The van der Waals surface area contributed by atoms with Gasteiger partial charge >= 0.3 is 0 Å². The lowest BCUT2D eigenvalue weighted by Crippen LogP contribution is -2.26. The fourth-order valence-electron chi connectivity index (χ4n) is 3.99. The van der Waals surface area contributed by atoms with Crippen LogP contribution in [0.2, 0.25) is 0 Å². The largest absolute Gasteiger partial charge is 0.388 e. The quantitative estimate of drug-likeness (QED) is 0.592. The van der Waals surface area contributed by atoms with Gasteiger partial charge < -0.3 is 15.2 Å². The van der Waals surface area contributed by atoms with Crippen molar-refractivity contribution < 1.29 is 4.79 Å². The summed E-state index contributed by atoms with van der Waals surface area (Å²) in [6, 6.07) is 16.3. The molecule has 1 fully saturated rings. The van der Waals surface area contributed by atoms with Crippen LogP contribution in [0.15, 0.2) is 54.9 Å². The Morgan fingerprint density at radius 3 is 2.57 bits per heavy atom. The van der Waals surface area contributed by atoms with Gasteiger partial charge in [-0.25, -0.2) is 0 Å².